The quantitative estimate of drug-likeness (QED) is 0.381. The van der Waals surface area contributed by atoms with Crippen molar-refractivity contribution in [2.45, 2.75) is 26.2 Å². The molecule has 4 N–H and O–H groups in total. The van der Waals surface area contributed by atoms with Gasteiger partial charge in [-0.3, -0.25) is 9.59 Å². The van der Waals surface area contributed by atoms with Crippen LogP contribution in [0, 0.1) is 17.2 Å². The molecule has 1 fully saturated rings. The lowest BCUT2D eigenvalue weighted by Gasteiger charge is -2.30. The van der Waals surface area contributed by atoms with E-state index in [1.54, 1.807) is 48.5 Å². The molecule has 0 saturated carbocycles. The van der Waals surface area contributed by atoms with Crippen LogP contribution in [0.25, 0.3) is 22.4 Å². The summed E-state index contributed by atoms with van der Waals surface area (Å²) in [4.78, 5) is 31.1. The highest BCUT2D eigenvalue weighted by Gasteiger charge is 2.26. The number of carbonyl (C=O) groups is 2. The lowest BCUT2D eigenvalue weighted by molar-refractivity contribution is -0.149. The summed E-state index contributed by atoms with van der Waals surface area (Å²) in [6.45, 7) is 4.32. The number of rotatable bonds is 8. The molecule has 0 bridgehead atoms. The van der Waals surface area contributed by atoms with E-state index in [0.717, 1.165) is 25.9 Å². The molecule has 0 spiro atoms. The molecule has 0 atom stereocenters. The Labute approximate surface area is 221 Å². The van der Waals surface area contributed by atoms with Crippen LogP contribution in [0.15, 0.2) is 54.6 Å². The van der Waals surface area contributed by atoms with Crippen LogP contribution in [-0.2, 0) is 14.3 Å². The number of piperidine rings is 1. The molecule has 1 aromatic heterocycles. The molecule has 0 aliphatic carbocycles. The normalized spacial score (nSPS) is 14.0. The highest BCUT2D eigenvalue weighted by molar-refractivity contribution is 5.92. The van der Waals surface area contributed by atoms with E-state index in [0.29, 0.717) is 47.6 Å². The molecule has 2 heterocycles. The summed E-state index contributed by atoms with van der Waals surface area (Å²) in [5.41, 5.74) is 9.11. The number of phenolic OH excluding ortho intramolecular Hbond substituents is 1. The van der Waals surface area contributed by atoms with Crippen molar-refractivity contribution >= 4 is 23.4 Å². The molecule has 1 saturated heterocycles. The topological polar surface area (TPSA) is 142 Å². The first-order valence-corrected chi connectivity index (χ1v) is 12.7. The Hall–Kier alpha value is -4.42. The number of nitrogen functional groups attached to an aromatic ring is 1. The molecule has 38 heavy (non-hydrogen) atoms. The van der Waals surface area contributed by atoms with Gasteiger partial charge < -0.3 is 25.8 Å². The standard InChI is InChI=1S/C29H31N5O4/c1-2-38-29(37)19-10-13-34(14-11-19)15-12-27(36)32-21-7-5-6-20(16-21)23-17-25(33-28(31)24(23)18-30)22-8-3-4-9-26(22)35/h3-9,16-17,19,35H,2,10-15H2,1H3,(H2,31,33)(H,32,36). The third-order valence-corrected chi connectivity index (χ3v) is 6.66. The fourth-order valence-electron chi connectivity index (χ4n) is 4.64. The van der Waals surface area contributed by atoms with Crippen LogP contribution in [-0.4, -0.2) is 53.1 Å². The lowest BCUT2D eigenvalue weighted by Crippen LogP contribution is -2.38. The molecule has 1 aliphatic rings. The Kier molecular flexibility index (Phi) is 8.56. The van der Waals surface area contributed by atoms with Crippen molar-refractivity contribution in [2.24, 2.45) is 5.92 Å². The second-order valence-corrected chi connectivity index (χ2v) is 9.19. The number of aromatic nitrogens is 1. The van der Waals surface area contributed by atoms with Crippen LogP contribution in [0.5, 0.6) is 5.75 Å². The van der Waals surface area contributed by atoms with Crippen LogP contribution in [0.2, 0.25) is 0 Å². The maximum atomic E-state index is 12.7. The van der Waals surface area contributed by atoms with Crippen molar-refractivity contribution in [3.05, 3.63) is 60.2 Å². The largest absolute Gasteiger partial charge is 0.507 e. The number of amides is 1. The second kappa shape index (κ2) is 12.2. The predicted octanol–water partition coefficient (Wildman–Crippen LogP) is 4.18. The van der Waals surface area contributed by atoms with Gasteiger partial charge >= 0.3 is 5.97 Å². The van der Waals surface area contributed by atoms with Gasteiger partial charge in [0, 0.05) is 29.8 Å². The number of phenols is 1. The average Bonchev–Trinajstić information content (AvgIpc) is 2.92. The predicted molar refractivity (Wildman–Crippen MR) is 145 cm³/mol. The molecule has 0 radical (unpaired) electrons. The molecule has 0 unspecified atom stereocenters. The molecular formula is C29H31N5O4. The number of likely N-dealkylation sites (tertiary alicyclic amines) is 1. The van der Waals surface area contributed by atoms with Crippen molar-refractivity contribution in [1.29, 1.82) is 5.26 Å². The number of carbonyl (C=O) groups excluding carboxylic acids is 2. The summed E-state index contributed by atoms with van der Waals surface area (Å²) in [5, 5.41) is 22.9. The first-order valence-electron chi connectivity index (χ1n) is 12.7. The third-order valence-electron chi connectivity index (χ3n) is 6.66. The number of nitriles is 1. The van der Waals surface area contributed by atoms with Crippen molar-refractivity contribution in [3.63, 3.8) is 0 Å². The molecular weight excluding hydrogens is 482 g/mol. The zero-order chi connectivity index (χ0) is 27.1. The maximum absolute atomic E-state index is 12.7. The Morgan fingerprint density at radius 2 is 1.92 bits per heavy atom. The number of benzene rings is 2. The second-order valence-electron chi connectivity index (χ2n) is 9.19. The van der Waals surface area contributed by atoms with Crippen molar-refractivity contribution in [1.82, 2.24) is 9.88 Å². The minimum atomic E-state index is -0.132. The summed E-state index contributed by atoms with van der Waals surface area (Å²) in [6.07, 6.45) is 1.79. The van der Waals surface area contributed by atoms with E-state index in [-0.39, 0.29) is 34.9 Å². The zero-order valence-electron chi connectivity index (χ0n) is 21.3. The van der Waals surface area contributed by atoms with Gasteiger partial charge in [0.05, 0.1) is 18.2 Å². The lowest BCUT2D eigenvalue weighted by atomic mass is 9.97. The van der Waals surface area contributed by atoms with Gasteiger partial charge in [-0.2, -0.15) is 5.26 Å². The van der Waals surface area contributed by atoms with Crippen LogP contribution in [0.3, 0.4) is 0 Å². The monoisotopic (exact) mass is 513 g/mol. The number of pyridine rings is 1. The van der Waals surface area contributed by atoms with Crippen LogP contribution < -0.4 is 11.1 Å². The highest BCUT2D eigenvalue weighted by Crippen LogP contribution is 2.35. The summed E-state index contributed by atoms with van der Waals surface area (Å²) in [7, 11) is 0. The Morgan fingerprint density at radius 1 is 1.16 bits per heavy atom. The number of aromatic hydroxyl groups is 1. The minimum Gasteiger partial charge on any atom is -0.507 e. The molecule has 4 rings (SSSR count). The molecule has 1 amide bonds. The third kappa shape index (κ3) is 6.28. The number of nitrogens with zero attached hydrogens (tertiary/aromatic N) is 3. The number of nitrogens with two attached hydrogens (primary N) is 1. The van der Waals surface area contributed by atoms with E-state index in [9.17, 15) is 20.0 Å². The van der Waals surface area contributed by atoms with Crippen molar-refractivity contribution in [2.75, 3.05) is 37.3 Å². The number of esters is 1. The summed E-state index contributed by atoms with van der Waals surface area (Å²) < 4.78 is 5.12. The zero-order valence-corrected chi connectivity index (χ0v) is 21.3. The number of para-hydroxylation sites is 1. The smallest absolute Gasteiger partial charge is 0.309 e. The van der Waals surface area contributed by atoms with E-state index < -0.39 is 0 Å². The molecule has 196 valence electrons. The first kappa shape index (κ1) is 26.6. The maximum Gasteiger partial charge on any atom is 0.309 e. The van der Waals surface area contributed by atoms with E-state index >= 15 is 0 Å². The van der Waals surface area contributed by atoms with Crippen LogP contribution in [0.1, 0.15) is 31.7 Å². The van der Waals surface area contributed by atoms with Crippen LogP contribution in [0.4, 0.5) is 11.5 Å². The fraction of sp³-hybridized carbons (Fsp3) is 0.310. The number of anilines is 2. The van der Waals surface area contributed by atoms with Gasteiger partial charge in [0.15, 0.2) is 0 Å². The van der Waals surface area contributed by atoms with Gasteiger partial charge in [-0.25, -0.2) is 4.98 Å². The van der Waals surface area contributed by atoms with Gasteiger partial charge in [0.25, 0.3) is 0 Å². The number of ether oxygens (including phenoxy) is 1. The average molecular weight is 514 g/mol. The van der Waals surface area contributed by atoms with E-state index in [1.165, 1.54) is 0 Å². The number of nitrogens with one attached hydrogen (secondary N) is 1. The fourth-order valence-corrected chi connectivity index (χ4v) is 4.64. The van der Waals surface area contributed by atoms with Gasteiger partial charge in [-0.05, 0) is 68.8 Å². The Bertz CT molecular complexity index is 1360. The van der Waals surface area contributed by atoms with Gasteiger partial charge in [-0.1, -0.05) is 24.3 Å². The van der Waals surface area contributed by atoms with Gasteiger partial charge in [0.2, 0.25) is 5.91 Å². The molecule has 9 nitrogen and oxygen atoms in total. The minimum absolute atomic E-state index is 0.0567. The van der Waals surface area contributed by atoms with Crippen LogP contribution >= 0.6 is 0 Å². The molecule has 3 aromatic rings. The first-order chi connectivity index (χ1) is 18.4. The molecule has 1 aliphatic heterocycles. The number of hydrogen-bond donors (Lipinski definition) is 3. The SMILES string of the molecule is CCOC(=O)C1CCN(CCC(=O)Nc2cccc(-c3cc(-c4ccccc4O)nc(N)c3C#N)c2)CC1. The van der Waals surface area contributed by atoms with E-state index in [4.69, 9.17) is 10.5 Å². The van der Waals surface area contributed by atoms with Crippen molar-refractivity contribution < 1.29 is 19.4 Å². The summed E-state index contributed by atoms with van der Waals surface area (Å²) in [5.74, 6) is -0.201. The molecule has 9 heteroatoms. The highest BCUT2D eigenvalue weighted by atomic mass is 16.5. The number of hydrogen-bond acceptors (Lipinski definition) is 8. The van der Waals surface area contributed by atoms with Gasteiger partial charge in [-0.15, -0.1) is 0 Å². The summed E-state index contributed by atoms with van der Waals surface area (Å²) in [6, 6.07) is 17.8. The Balaban J connectivity index is 1.43. The molecule has 2 aromatic carbocycles. The van der Waals surface area contributed by atoms with Crippen molar-refractivity contribution in [3.8, 4) is 34.2 Å². The summed E-state index contributed by atoms with van der Waals surface area (Å²) >= 11 is 0. The van der Waals surface area contributed by atoms with E-state index in [2.05, 4.69) is 21.3 Å². The Morgan fingerprint density at radius 3 is 2.63 bits per heavy atom. The van der Waals surface area contributed by atoms with E-state index in [1.807, 2.05) is 13.0 Å². The van der Waals surface area contributed by atoms with Gasteiger partial charge in [0.1, 0.15) is 23.2 Å².